The number of nitrogens with one attached hydrogen (secondary N) is 2. The monoisotopic (exact) mass is 531 g/mol. The zero-order chi connectivity index (χ0) is 23.3. The van der Waals surface area contributed by atoms with Crippen LogP contribution in [0.4, 0.5) is 21.3 Å². The molecular formula is C19H16Cl3N5O3S2. The minimum Gasteiger partial charge on any atom is -0.445 e. The molecule has 168 valence electrons. The number of nitrogens with zero attached hydrogens (tertiary/aromatic N) is 2. The van der Waals surface area contributed by atoms with Crippen LogP contribution in [0.3, 0.4) is 0 Å². The summed E-state index contributed by atoms with van der Waals surface area (Å²) in [6.07, 6.45) is -0.737. The third-order valence-corrected chi connectivity index (χ3v) is 5.89. The second kappa shape index (κ2) is 10.6. The molecule has 1 heterocycles. The van der Waals surface area contributed by atoms with Gasteiger partial charge in [-0.3, -0.25) is 15.4 Å². The van der Waals surface area contributed by atoms with E-state index in [1.54, 1.807) is 49.4 Å². The number of anilines is 3. The van der Waals surface area contributed by atoms with Crippen LogP contribution in [0.15, 0.2) is 52.3 Å². The number of nitrogens with two attached hydrogens (primary N) is 1. The summed E-state index contributed by atoms with van der Waals surface area (Å²) in [4.78, 5) is 25.7. The fourth-order valence-corrected chi connectivity index (χ4v) is 3.92. The van der Waals surface area contributed by atoms with E-state index in [2.05, 4.69) is 20.8 Å². The van der Waals surface area contributed by atoms with Crippen LogP contribution in [0, 0.1) is 6.92 Å². The molecule has 2 amide bonds. The molecule has 0 radical (unpaired) electrons. The van der Waals surface area contributed by atoms with Gasteiger partial charge < -0.3 is 10.5 Å². The van der Waals surface area contributed by atoms with Gasteiger partial charge in [0.1, 0.15) is 11.6 Å². The van der Waals surface area contributed by atoms with Crippen LogP contribution >= 0.6 is 57.9 Å². The van der Waals surface area contributed by atoms with Gasteiger partial charge in [-0.05, 0) is 49.4 Å². The third kappa shape index (κ3) is 7.42. The highest BCUT2D eigenvalue weighted by atomic mass is 35.6. The van der Waals surface area contributed by atoms with Gasteiger partial charge in [0.15, 0.2) is 0 Å². The van der Waals surface area contributed by atoms with Crippen LogP contribution in [0.25, 0.3) is 0 Å². The molecule has 13 heteroatoms. The largest absolute Gasteiger partial charge is 0.445 e. The summed E-state index contributed by atoms with van der Waals surface area (Å²) < 4.78 is 3.14. The first-order valence-electron chi connectivity index (χ1n) is 8.88. The summed E-state index contributed by atoms with van der Waals surface area (Å²) in [5.41, 5.74) is 7.51. The number of nitrogen functional groups attached to an aromatic ring is 1. The second-order valence-electron chi connectivity index (χ2n) is 6.28. The molecule has 3 rings (SSSR count). The van der Waals surface area contributed by atoms with Crippen LogP contribution < -0.4 is 16.4 Å². The minimum atomic E-state index is -1.68. The molecule has 3 aromatic rings. The molecule has 0 aliphatic heterocycles. The van der Waals surface area contributed by atoms with Crippen molar-refractivity contribution in [1.29, 1.82) is 0 Å². The van der Waals surface area contributed by atoms with Crippen LogP contribution in [0.1, 0.15) is 15.4 Å². The number of rotatable bonds is 6. The number of alkyl halides is 3. The average Bonchev–Trinajstić information content (AvgIpc) is 3.13. The van der Waals surface area contributed by atoms with Gasteiger partial charge in [0.05, 0.1) is 0 Å². The molecule has 8 nitrogen and oxygen atoms in total. The van der Waals surface area contributed by atoms with Crippen LogP contribution in [-0.2, 0) is 4.74 Å². The highest BCUT2D eigenvalue weighted by molar-refractivity contribution is 7.99. The van der Waals surface area contributed by atoms with Crippen molar-refractivity contribution >= 4 is 86.4 Å². The molecule has 0 spiro atoms. The Kier molecular flexibility index (Phi) is 8.07. The van der Waals surface area contributed by atoms with Crippen molar-refractivity contribution in [2.24, 2.45) is 0 Å². The maximum absolute atomic E-state index is 12.4. The summed E-state index contributed by atoms with van der Waals surface area (Å²) in [5.74, 6) is -0.318. The Labute approximate surface area is 206 Å². The molecule has 0 unspecified atom stereocenters. The summed E-state index contributed by atoms with van der Waals surface area (Å²) in [6.45, 7) is 1.43. The second-order valence-corrected chi connectivity index (χ2v) is 11.1. The van der Waals surface area contributed by atoms with Crippen LogP contribution in [0.5, 0.6) is 0 Å². The number of hydrogen-bond acceptors (Lipinski definition) is 8. The highest BCUT2D eigenvalue weighted by Crippen LogP contribution is 2.33. The molecule has 0 saturated heterocycles. The van der Waals surface area contributed by atoms with E-state index in [1.165, 1.54) is 23.1 Å². The lowest BCUT2D eigenvalue weighted by atomic mass is 10.2. The summed E-state index contributed by atoms with van der Waals surface area (Å²) in [7, 11) is 0. The van der Waals surface area contributed by atoms with Gasteiger partial charge in [0, 0.05) is 26.7 Å². The lowest BCUT2D eigenvalue weighted by Crippen LogP contribution is -2.21. The number of amides is 2. The molecule has 0 saturated carbocycles. The lowest BCUT2D eigenvalue weighted by Gasteiger charge is -2.12. The van der Waals surface area contributed by atoms with Crippen LogP contribution in [-0.4, -0.2) is 32.6 Å². The Hall–Kier alpha value is -2.24. The Morgan fingerprint density at radius 2 is 1.84 bits per heavy atom. The van der Waals surface area contributed by atoms with E-state index < -0.39 is 9.89 Å². The number of halogens is 3. The van der Waals surface area contributed by atoms with E-state index in [9.17, 15) is 9.59 Å². The molecule has 0 aliphatic rings. The van der Waals surface area contributed by atoms with E-state index in [0.717, 1.165) is 14.8 Å². The van der Waals surface area contributed by atoms with E-state index in [4.69, 9.17) is 45.3 Å². The number of benzene rings is 2. The number of hydrogen-bond donors (Lipinski definition) is 3. The van der Waals surface area contributed by atoms with Crippen molar-refractivity contribution in [3.63, 3.8) is 0 Å². The fourth-order valence-electron chi connectivity index (χ4n) is 2.33. The Morgan fingerprint density at radius 3 is 2.44 bits per heavy atom. The lowest BCUT2D eigenvalue weighted by molar-refractivity contribution is 0.102. The van der Waals surface area contributed by atoms with Crippen molar-refractivity contribution in [1.82, 2.24) is 10.2 Å². The van der Waals surface area contributed by atoms with Crippen molar-refractivity contribution in [2.75, 3.05) is 23.0 Å². The first kappa shape index (κ1) is 24.4. The quantitative estimate of drug-likeness (QED) is 0.273. The number of aryl methyl sites for hydroxylation is 1. The van der Waals surface area contributed by atoms with E-state index in [1.807, 2.05) is 0 Å². The normalized spacial score (nSPS) is 11.1. The van der Waals surface area contributed by atoms with Gasteiger partial charge in [0.25, 0.3) is 5.91 Å². The van der Waals surface area contributed by atoms with Gasteiger partial charge in [-0.25, -0.2) is 4.79 Å². The molecular weight excluding hydrogens is 517 g/mol. The standard InChI is InChI=1S/C19H16Cl3N5O3S2/c1-10-26-27-17(31-10)25-16(28)11-2-7-15(14(23)8-11)32-13-5-3-12(4-6-13)24-18(29)30-9-19(20,21)22/h2-8H,9,23H2,1H3,(H,24,29)(H,25,27,28). The average molecular weight is 533 g/mol. The SMILES string of the molecule is Cc1nnc(NC(=O)c2ccc(Sc3ccc(NC(=O)OCC(Cl)(Cl)Cl)cc3)c(N)c2)s1. The summed E-state index contributed by atoms with van der Waals surface area (Å²) in [5, 5.41) is 14.1. The fraction of sp³-hybridized carbons (Fsp3) is 0.158. The predicted molar refractivity (Wildman–Crippen MR) is 129 cm³/mol. The smallest absolute Gasteiger partial charge is 0.411 e. The maximum Gasteiger partial charge on any atom is 0.411 e. The van der Waals surface area contributed by atoms with E-state index >= 15 is 0 Å². The maximum atomic E-state index is 12.4. The van der Waals surface area contributed by atoms with Gasteiger partial charge >= 0.3 is 6.09 Å². The number of aromatic nitrogens is 2. The minimum absolute atomic E-state index is 0.318. The van der Waals surface area contributed by atoms with Gasteiger partial charge in [-0.1, -0.05) is 57.9 Å². The number of carbonyl (C=O) groups excluding carboxylic acids is 2. The first-order chi connectivity index (χ1) is 15.1. The molecule has 32 heavy (non-hydrogen) atoms. The summed E-state index contributed by atoms with van der Waals surface area (Å²) in [6, 6.07) is 12.0. The van der Waals surface area contributed by atoms with Crippen LogP contribution in [0.2, 0.25) is 0 Å². The molecule has 0 atom stereocenters. The molecule has 1 aromatic heterocycles. The zero-order valence-electron chi connectivity index (χ0n) is 16.4. The van der Waals surface area contributed by atoms with Crippen molar-refractivity contribution in [2.45, 2.75) is 20.5 Å². The Bertz CT molecular complexity index is 1120. The van der Waals surface area contributed by atoms with Gasteiger partial charge in [0.2, 0.25) is 8.92 Å². The van der Waals surface area contributed by atoms with E-state index in [-0.39, 0.29) is 12.5 Å². The topological polar surface area (TPSA) is 119 Å². The van der Waals surface area contributed by atoms with Gasteiger partial charge in [-0.2, -0.15) is 0 Å². The molecule has 4 N–H and O–H groups in total. The number of carbonyl (C=O) groups is 2. The Balaban J connectivity index is 1.58. The molecule has 0 bridgehead atoms. The Morgan fingerprint density at radius 1 is 1.12 bits per heavy atom. The molecule has 2 aromatic carbocycles. The third-order valence-electron chi connectivity index (χ3n) is 3.71. The van der Waals surface area contributed by atoms with Crippen molar-refractivity contribution in [3.8, 4) is 0 Å². The molecule has 0 fully saturated rings. The molecule has 0 aliphatic carbocycles. The van der Waals surface area contributed by atoms with Gasteiger partial charge in [-0.15, -0.1) is 10.2 Å². The first-order valence-corrected chi connectivity index (χ1v) is 11.7. The summed E-state index contributed by atoms with van der Waals surface area (Å²) >= 11 is 19.3. The highest BCUT2D eigenvalue weighted by Gasteiger charge is 2.22. The van der Waals surface area contributed by atoms with E-state index in [0.29, 0.717) is 22.1 Å². The zero-order valence-corrected chi connectivity index (χ0v) is 20.3. The number of ether oxygens (including phenoxy) is 1. The predicted octanol–water partition coefficient (Wildman–Crippen LogP) is 5.75. The van der Waals surface area contributed by atoms with Crippen molar-refractivity contribution < 1.29 is 14.3 Å². The van der Waals surface area contributed by atoms with Crippen molar-refractivity contribution in [3.05, 3.63) is 53.0 Å².